The van der Waals surface area contributed by atoms with Crippen molar-refractivity contribution in [3.05, 3.63) is 91.0 Å². The monoisotopic (exact) mass is 567 g/mol. The van der Waals surface area contributed by atoms with Crippen molar-refractivity contribution in [2.45, 2.75) is 0 Å². The Hall–Kier alpha value is -3.67. The van der Waals surface area contributed by atoms with E-state index in [-0.39, 0.29) is 0 Å². The summed E-state index contributed by atoms with van der Waals surface area (Å²) >= 11 is 0. The molecule has 0 bridgehead atoms. The molecule has 0 saturated carbocycles. The SMILES string of the molecule is COC(=O)OC.COC(=O)Oc1ccccc1.CPC.O=C(Oc1ccccc1)Oc1ccccc1.[2H]PC. The molecule has 0 aromatic heterocycles. The van der Waals surface area contributed by atoms with Crippen LogP contribution in [-0.4, -0.2) is 61.1 Å². The molecule has 0 aliphatic heterocycles. The summed E-state index contributed by atoms with van der Waals surface area (Å²) in [6.45, 7) is 6.12. The largest absolute Gasteiger partial charge is 0.519 e. The third-order valence-electron chi connectivity index (χ3n) is 3.33. The Kier molecular flexibility index (Phi) is 23.8. The zero-order chi connectivity index (χ0) is 29.7. The highest BCUT2D eigenvalue weighted by Gasteiger charge is 2.06. The van der Waals surface area contributed by atoms with Crippen LogP contribution in [-0.2, 0) is 14.2 Å². The molecule has 3 aromatic carbocycles. The minimum Gasteiger partial charge on any atom is -0.438 e. The second-order valence-corrected chi connectivity index (χ2v) is 7.11. The van der Waals surface area contributed by atoms with Crippen LogP contribution in [0.2, 0.25) is 0 Å². The minimum absolute atomic E-state index is 0.333. The van der Waals surface area contributed by atoms with Crippen molar-refractivity contribution in [3.8, 4) is 17.2 Å². The van der Waals surface area contributed by atoms with Crippen molar-refractivity contribution >= 4 is 36.2 Å². The van der Waals surface area contributed by atoms with Gasteiger partial charge in [-0.2, -0.15) is 0 Å². The summed E-state index contributed by atoms with van der Waals surface area (Å²) in [5.41, 5.74) is 0. The molecule has 0 aliphatic carbocycles. The molecule has 0 amide bonds. The molecule has 38 heavy (non-hydrogen) atoms. The summed E-state index contributed by atoms with van der Waals surface area (Å²) < 4.78 is 33.2. The zero-order valence-electron chi connectivity index (χ0n) is 23.3. The lowest BCUT2D eigenvalue weighted by Crippen LogP contribution is -2.13. The van der Waals surface area contributed by atoms with E-state index in [1.165, 1.54) is 21.3 Å². The van der Waals surface area contributed by atoms with Gasteiger partial charge in [-0.15, -0.1) is 17.8 Å². The highest BCUT2D eigenvalue weighted by Crippen LogP contribution is 2.13. The van der Waals surface area contributed by atoms with Crippen LogP contribution < -0.4 is 14.2 Å². The number of carbonyl (C=O) groups is 3. The normalized spacial score (nSPS) is 8.95. The van der Waals surface area contributed by atoms with E-state index in [9.17, 15) is 14.4 Å². The van der Waals surface area contributed by atoms with Crippen LogP contribution in [0.4, 0.5) is 14.4 Å². The highest BCUT2D eigenvalue weighted by molar-refractivity contribution is 7.35. The average Bonchev–Trinajstić information content (AvgIpc) is 2.95. The van der Waals surface area contributed by atoms with Gasteiger partial charge < -0.3 is 28.4 Å². The first kappa shape index (κ1) is 34.3. The molecule has 3 aromatic rings. The fourth-order valence-electron chi connectivity index (χ4n) is 1.90. The number of methoxy groups -OCH3 is 3. The van der Waals surface area contributed by atoms with Gasteiger partial charge in [0.25, 0.3) is 0 Å². The fraction of sp³-hybridized carbons (Fsp3) is 0.222. The van der Waals surface area contributed by atoms with Crippen molar-refractivity contribution in [2.75, 3.05) is 41.3 Å². The Morgan fingerprint density at radius 3 is 1.03 bits per heavy atom. The number of benzene rings is 3. The molecule has 1 unspecified atom stereocenters. The number of hydrogen-bond donors (Lipinski definition) is 0. The van der Waals surface area contributed by atoms with E-state index in [0.29, 0.717) is 26.4 Å². The molecule has 11 heteroatoms. The summed E-state index contributed by atoms with van der Waals surface area (Å²) in [6.07, 6.45) is -2.09. The Morgan fingerprint density at radius 1 is 0.579 bits per heavy atom. The Bertz CT molecular complexity index is 944. The molecular formula is C27H36O9P2. The second kappa shape index (κ2) is 26.4. The summed E-state index contributed by atoms with van der Waals surface area (Å²) in [5, 5.41) is 0. The Labute approximate surface area is 230 Å². The third kappa shape index (κ3) is 21.6. The van der Waals surface area contributed by atoms with Crippen molar-refractivity contribution in [3.63, 3.8) is 0 Å². The molecule has 0 radical (unpaired) electrons. The zero-order valence-corrected chi connectivity index (χ0v) is 24.3. The maximum atomic E-state index is 11.3. The third-order valence-corrected chi connectivity index (χ3v) is 3.33. The fourth-order valence-corrected chi connectivity index (χ4v) is 1.90. The molecule has 0 saturated heterocycles. The lowest BCUT2D eigenvalue weighted by Gasteiger charge is -2.04. The molecular weight excluding hydrogens is 530 g/mol. The molecule has 9 nitrogen and oxygen atoms in total. The molecule has 0 aliphatic rings. The number of rotatable bonds is 3. The van der Waals surface area contributed by atoms with Crippen LogP contribution >= 0.6 is 17.8 Å². The maximum Gasteiger partial charge on any atom is 0.519 e. The molecule has 0 spiro atoms. The van der Waals surface area contributed by atoms with Gasteiger partial charge in [-0.25, -0.2) is 14.4 Å². The van der Waals surface area contributed by atoms with E-state index in [4.69, 9.17) is 15.5 Å². The molecule has 3 rings (SSSR count). The van der Waals surface area contributed by atoms with Gasteiger partial charge in [0.2, 0.25) is 0 Å². The van der Waals surface area contributed by atoms with E-state index in [1.54, 1.807) is 72.8 Å². The molecule has 0 fully saturated rings. The molecule has 0 N–H and O–H groups in total. The number of para-hydroxylation sites is 3. The van der Waals surface area contributed by atoms with Crippen LogP contribution in [0, 0.1) is 0 Å². The topological polar surface area (TPSA) is 107 Å². The summed E-state index contributed by atoms with van der Waals surface area (Å²) in [7, 11) is 5.20. The maximum absolute atomic E-state index is 11.3. The first-order valence-electron chi connectivity index (χ1n) is 11.4. The van der Waals surface area contributed by atoms with Gasteiger partial charge in [0, 0.05) is 0 Å². The first-order chi connectivity index (χ1) is 18.8. The number of ether oxygens (including phenoxy) is 6. The van der Waals surface area contributed by atoms with Crippen molar-refractivity contribution in [1.82, 2.24) is 0 Å². The van der Waals surface area contributed by atoms with Gasteiger partial charge in [0.15, 0.2) is 0 Å². The van der Waals surface area contributed by atoms with Gasteiger partial charge in [-0.3, -0.25) is 0 Å². The van der Waals surface area contributed by atoms with Crippen LogP contribution in [0.25, 0.3) is 0 Å². The Morgan fingerprint density at radius 2 is 0.816 bits per heavy atom. The highest BCUT2D eigenvalue weighted by atomic mass is 31.1. The smallest absolute Gasteiger partial charge is 0.438 e. The van der Waals surface area contributed by atoms with Crippen LogP contribution in [0.3, 0.4) is 0 Å². The average molecular weight is 568 g/mol. The lowest BCUT2D eigenvalue weighted by molar-refractivity contribution is 0.0923. The van der Waals surface area contributed by atoms with Gasteiger partial charge in [0.1, 0.15) is 17.2 Å². The van der Waals surface area contributed by atoms with E-state index in [0.717, 1.165) is 8.58 Å². The summed E-state index contributed by atoms with van der Waals surface area (Å²) in [4.78, 5) is 31.6. The predicted molar refractivity (Wildman–Crippen MR) is 154 cm³/mol. The van der Waals surface area contributed by atoms with Gasteiger partial charge in [0.05, 0.1) is 22.6 Å². The standard InChI is InChI=1S/C13H10O3.C8H8O3.C3H6O3.C2H7P.CH5P/c14-13(15-11-7-3-1-4-8-11)16-12-9-5-2-6-10-12;1-10-8(9)11-7-5-3-2-4-6-7;1-5-3(4)6-2;1-3-2;1-2/h1-10H;2-6H,1H3;1-2H3;3H,1-2H3;2H2,1H3/i;;;;2D. The number of carbonyl (C=O) groups excluding carboxylic acids is 3. The van der Waals surface area contributed by atoms with E-state index in [2.05, 4.69) is 27.5 Å². The lowest BCUT2D eigenvalue weighted by atomic mass is 10.3. The second-order valence-electron chi connectivity index (χ2n) is 6.11. The van der Waals surface area contributed by atoms with Crippen molar-refractivity contribution in [1.29, 1.82) is 1.28 Å². The van der Waals surface area contributed by atoms with Crippen molar-refractivity contribution < 1.29 is 42.8 Å². The molecule has 208 valence electrons. The van der Waals surface area contributed by atoms with Crippen molar-refractivity contribution in [2.24, 2.45) is 0 Å². The molecule has 1 atom stereocenters. The minimum atomic E-state index is -0.739. The molecule has 0 heterocycles. The predicted octanol–water partition coefficient (Wildman–Crippen LogP) is 6.91. The number of hydrogen-bond acceptors (Lipinski definition) is 9. The van der Waals surface area contributed by atoms with Crippen LogP contribution in [0.5, 0.6) is 17.2 Å². The first-order valence-corrected chi connectivity index (χ1v) is 13.9. The summed E-state index contributed by atoms with van der Waals surface area (Å²) in [6, 6.07) is 26.3. The van der Waals surface area contributed by atoms with Gasteiger partial charge >= 0.3 is 18.5 Å². The van der Waals surface area contributed by atoms with E-state index >= 15 is 0 Å². The van der Waals surface area contributed by atoms with Gasteiger partial charge in [-0.05, 0) is 49.7 Å². The quantitative estimate of drug-likeness (QED) is 0.190. The summed E-state index contributed by atoms with van der Waals surface area (Å²) in [5.74, 6) is 1.41. The van der Waals surface area contributed by atoms with E-state index < -0.39 is 18.5 Å². The van der Waals surface area contributed by atoms with Crippen LogP contribution in [0.1, 0.15) is 0 Å². The van der Waals surface area contributed by atoms with E-state index in [1.807, 2.05) is 24.9 Å². The Balaban J connectivity index is 0. The van der Waals surface area contributed by atoms with Gasteiger partial charge in [-0.1, -0.05) is 61.3 Å². The van der Waals surface area contributed by atoms with Crippen LogP contribution in [0.15, 0.2) is 91.0 Å².